The number of hydrogen-bond donors (Lipinski definition) is 2. The summed E-state index contributed by atoms with van der Waals surface area (Å²) in [6.07, 6.45) is 3.74. The monoisotopic (exact) mass is 308 g/mol. The molecule has 0 aromatic heterocycles. The lowest BCUT2D eigenvalue weighted by Crippen LogP contribution is -2.40. The second-order valence-electron chi connectivity index (χ2n) is 5.27. The summed E-state index contributed by atoms with van der Waals surface area (Å²) in [7, 11) is 0. The molecular weight excluding hydrogens is 288 g/mol. The van der Waals surface area contributed by atoms with Crippen LogP contribution in [-0.4, -0.2) is 42.2 Å². The second-order valence-corrected chi connectivity index (χ2v) is 5.52. The third-order valence-corrected chi connectivity index (χ3v) is 3.87. The highest BCUT2D eigenvalue weighted by Gasteiger charge is 2.23. The number of carbonyl (C=O) groups is 1. The van der Waals surface area contributed by atoms with Gasteiger partial charge in [-0.15, -0.1) is 0 Å². The highest BCUT2D eigenvalue weighted by Crippen LogP contribution is 2.19. The zero-order valence-corrected chi connectivity index (χ0v) is 12.7. The summed E-state index contributed by atoms with van der Waals surface area (Å²) in [5, 5.41) is 12.4. The van der Waals surface area contributed by atoms with Crippen LogP contribution in [0.2, 0.25) is 0 Å². The molecule has 1 aromatic carbocycles. The van der Waals surface area contributed by atoms with E-state index < -0.39 is 0 Å². The number of halogens is 1. The maximum atomic E-state index is 12.5. The van der Waals surface area contributed by atoms with Crippen molar-refractivity contribution in [2.24, 2.45) is 5.92 Å². The molecule has 1 aromatic rings. The molecule has 0 bridgehead atoms. The molecule has 1 atom stereocenters. The molecule has 2 N–H and O–H groups in total. The van der Waals surface area contributed by atoms with Crippen molar-refractivity contribution in [1.82, 2.24) is 4.90 Å². The summed E-state index contributed by atoms with van der Waals surface area (Å²) in [5.41, 5.74) is 3.03. The minimum absolute atomic E-state index is 0.0321. The van der Waals surface area contributed by atoms with Crippen molar-refractivity contribution in [3.05, 3.63) is 41.4 Å². The summed E-state index contributed by atoms with van der Waals surface area (Å²) >= 11 is 5.48. The smallest absolute Gasteiger partial charge is 0.253 e. The molecule has 4 nitrogen and oxygen atoms in total. The molecule has 0 saturated carbocycles. The number of aliphatic hydroxyl groups is 1. The fourth-order valence-electron chi connectivity index (χ4n) is 2.56. The van der Waals surface area contributed by atoms with Gasteiger partial charge in [-0.05, 0) is 37.0 Å². The zero-order valence-electron chi connectivity index (χ0n) is 12.0. The van der Waals surface area contributed by atoms with Crippen LogP contribution in [0.1, 0.15) is 23.2 Å². The van der Waals surface area contributed by atoms with Gasteiger partial charge in [0.2, 0.25) is 0 Å². The van der Waals surface area contributed by atoms with Gasteiger partial charge in [-0.3, -0.25) is 4.79 Å². The van der Waals surface area contributed by atoms with Gasteiger partial charge in [0.25, 0.3) is 5.91 Å². The first-order valence-electron chi connectivity index (χ1n) is 7.24. The minimum atomic E-state index is 0.0321. The number of benzene rings is 1. The van der Waals surface area contributed by atoms with Gasteiger partial charge in [0.1, 0.15) is 0 Å². The number of likely N-dealkylation sites (tertiary alicyclic amines) is 1. The van der Waals surface area contributed by atoms with Gasteiger partial charge in [-0.2, -0.15) is 0 Å². The Morgan fingerprint density at radius 2 is 2.38 bits per heavy atom. The number of rotatable bonds is 5. The van der Waals surface area contributed by atoms with E-state index in [0.29, 0.717) is 18.7 Å². The van der Waals surface area contributed by atoms with Crippen molar-refractivity contribution in [1.29, 1.82) is 0 Å². The Labute approximate surface area is 130 Å². The van der Waals surface area contributed by atoms with E-state index in [1.807, 2.05) is 29.2 Å². The number of amides is 1. The molecule has 1 fully saturated rings. The zero-order chi connectivity index (χ0) is 15.1. The molecule has 2 rings (SSSR count). The largest absolute Gasteiger partial charge is 0.396 e. The van der Waals surface area contributed by atoms with E-state index in [1.165, 1.54) is 5.54 Å². The standard InChI is InChI=1S/C16H21ClN2O2/c17-7-3-8-18-15-6-1-5-14(10-15)16(21)19-9-2-4-13(11-19)12-20/h1,3,5-7,10,13,18,20H,2,4,8-9,11-12H2/b7-3+. The quantitative estimate of drug-likeness (QED) is 0.879. The van der Waals surface area contributed by atoms with Crippen LogP contribution in [0.4, 0.5) is 5.69 Å². The number of hydrogen-bond acceptors (Lipinski definition) is 3. The lowest BCUT2D eigenvalue weighted by atomic mass is 9.98. The maximum Gasteiger partial charge on any atom is 0.253 e. The van der Waals surface area contributed by atoms with E-state index in [4.69, 9.17) is 11.6 Å². The van der Waals surface area contributed by atoms with Crippen LogP contribution < -0.4 is 5.32 Å². The average molecular weight is 309 g/mol. The van der Waals surface area contributed by atoms with Crippen LogP contribution in [0.5, 0.6) is 0 Å². The summed E-state index contributed by atoms with van der Waals surface area (Å²) in [5.74, 6) is 0.238. The number of aliphatic hydroxyl groups excluding tert-OH is 1. The summed E-state index contributed by atoms with van der Waals surface area (Å²) in [6.45, 7) is 2.18. The Balaban J connectivity index is 2.03. The van der Waals surface area contributed by atoms with Crippen LogP contribution in [0.25, 0.3) is 0 Å². The van der Waals surface area contributed by atoms with Crippen molar-refractivity contribution >= 4 is 23.2 Å². The first-order valence-corrected chi connectivity index (χ1v) is 7.67. The van der Waals surface area contributed by atoms with Crippen molar-refractivity contribution in [3.8, 4) is 0 Å². The number of nitrogens with zero attached hydrogens (tertiary/aromatic N) is 1. The molecule has 5 heteroatoms. The van der Waals surface area contributed by atoms with Crippen LogP contribution in [0, 0.1) is 5.92 Å². The third-order valence-electron chi connectivity index (χ3n) is 3.69. The third kappa shape index (κ3) is 4.48. The van der Waals surface area contributed by atoms with Gasteiger partial charge in [0.05, 0.1) is 0 Å². The molecule has 114 valence electrons. The van der Waals surface area contributed by atoms with Gasteiger partial charge in [0, 0.05) is 43.0 Å². The highest BCUT2D eigenvalue weighted by molar-refractivity contribution is 6.25. The summed E-state index contributed by atoms with van der Waals surface area (Å²) in [6, 6.07) is 7.47. The van der Waals surface area contributed by atoms with E-state index in [9.17, 15) is 9.90 Å². The fraction of sp³-hybridized carbons (Fsp3) is 0.438. The van der Waals surface area contributed by atoms with Crippen LogP contribution in [0.3, 0.4) is 0 Å². The van der Waals surface area contributed by atoms with E-state index in [1.54, 1.807) is 6.08 Å². The number of piperidine rings is 1. The number of carbonyl (C=O) groups excluding carboxylic acids is 1. The maximum absolute atomic E-state index is 12.5. The van der Waals surface area contributed by atoms with E-state index in [2.05, 4.69) is 5.32 Å². The van der Waals surface area contributed by atoms with Crippen molar-refractivity contribution < 1.29 is 9.90 Å². The second kappa shape index (κ2) is 8.05. The summed E-state index contributed by atoms with van der Waals surface area (Å²) in [4.78, 5) is 14.4. The van der Waals surface area contributed by atoms with Crippen molar-refractivity contribution in [3.63, 3.8) is 0 Å². The van der Waals surface area contributed by atoms with Crippen molar-refractivity contribution in [2.75, 3.05) is 31.6 Å². The average Bonchev–Trinajstić information content (AvgIpc) is 2.55. The molecule has 0 spiro atoms. The molecule has 1 unspecified atom stereocenters. The topological polar surface area (TPSA) is 52.6 Å². The van der Waals surface area contributed by atoms with E-state index in [-0.39, 0.29) is 18.4 Å². The van der Waals surface area contributed by atoms with Gasteiger partial charge in [-0.1, -0.05) is 23.7 Å². The van der Waals surface area contributed by atoms with Crippen molar-refractivity contribution in [2.45, 2.75) is 12.8 Å². The Kier molecular flexibility index (Phi) is 6.08. The fourth-order valence-corrected chi connectivity index (χ4v) is 2.65. The summed E-state index contributed by atoms with van der Waals surface area (Å²) < 4.78 is 0. The molecule has 1 heterocycles. The molecule has 21 heavy (non-hydrogen) atoms. The SMILES string of the molecule is O=C(c1cccc(NC/C=C/Cl)c1)N1CCCC(CO)C1. The Hall–Kier alpha value is -1.52. The molecule has 1 saturated heterocycles. The van der Waals surface area contributed by atoms with E-state index in [0.717, 1.165) is 25.1 Å². The Morgan fingerprint density at radius 3 is 3.14 bits per heavy atom. The lowest BCUT2D eigenvalue weighted by molar-refractivity contribution is 0.0621. The normalized spacial score (nSPS) is 19.0. The predicted molar refractivity (Wildman–Crippen MR) is 85.6 cm³/mol. The Bertz CT molecular complexity index is 505. The molecule has 0 radical (unpaired) electrons. The minimum Gasteiger partial charge on any atom is -0.396 e. The highest BCUT2D eigenvalue weighted by atomic mass is 35.5. The molecular formula is C16H21ClN2O2. The molecule has 1 aliphatic heterocycles. The van der Waals surface area contributed by atoms with Gasteiger partial charge >= 0.3 is 0 Å². The number of anilines is 1. The first-order chi connectivity index (χ1) is 10.2. The molecule has 1 aliphatic rings. The predicted octanol–water partition coefficient (Wildman–Crippen LogP) is 2.70. The van der Waals surface area contributed by atoms with Crippen LogP contribution in [-0.2, 0) is 0 Å². The van der Waals surface area contributed by atoms with Gasteiger partial charge < -0.3 is 15.3 Å². The van der Waals surface area contributed by atoms with Crippen LogP contribution in [0.15, 0.2) is 35.9 Å². The Morgan fingerprint density at radius 1 is 1.52 bits per heavy atom. The lowest BCUT2D eigenvalue weighted by Gasteiger charge is -2.32. The van der Waals surface area contributed by atoms with E-state index >= 15 is 0 Å². The van der Waals surface area contributed by atoms with Gasteiger partial charge in [-0.25, -0.2) is 0 Å². The van der Waals surface area contributed by atoms with Crippen LogP contribution >= 0.6 is 11.6 Å². The number of nitrogens with one attached hydrogen (secondary N) is 1. The van der Waals surface area contributed by atoms with Gasteiger partial charge in [0.15, 0.2) is 0 Å². The molecule has 1 amide bonds. The molecule has 0 aliphatic carbocycles. The first kappa shape index (κ1) is 15.9.